The summed E-state index contributed by atoms with van der Waals surface area (Å²) in [6.07, 6.45) is 3.02. The normalized spacial score (nSPS) is 13.7. The summed E-state index contributed by atoms with van der Waals surface area (Å²) in [7, 11) is 0. The molecule has 236 valence electrons. The summed E-state index contributed by atoms with van der Waals surface area (Å²) >= 11 is 0. The summed E-state index contributed by atoms with van der Waals surface area (Å²) in [4.78, 5) is 43.7. The third-order valence-corrected chi connectivity index (χ3v) is 7.31. The first-order chi connectivity index (χ1) is 20.0. The SMILES string of the molecule is C=Cc1cccc(C(C(=O)Nc2c(C)cccc2C)N(C(=O)C(CC(C)C)NC(=O)OC(C)(C)C)C(C)CCC(C)C)c1. The van der Waals surface area contributed by atoms with Crippen molar-refractivity contribution in [2.75, 3.05) is 5.32 Å². The van der Waals surface area contributed by atoms with Crippen molar-refractivity contribution in [3.8, 4) is 0 Å². The molecule has 2 aromatic carbocycles. The topological polar surface area (TPSA) is 87.7 Å². The first kappa shape index (κ1) is 35.6. The molecule has 2 aromatic rings. The molecule has 0 saturated heterocycles. The van der Waals surface area contributed by atoms with Crippen LogP contribution in [0, 0.1) is 25.7 Å². The molecule has 0 spiro atoms. The van der Waals surface area contributed by atoms with Gasteiger partial charge in [0.2, 0.25) is 5.91 Å². The van der Waals surface area contributed by atoms with Crippen LogP contribution in [-0.2, 0) is 14.3 Å². The van der Waals surface area contributed by atoms with Crippen LogP contribution in [0.25, 0.3) is 6.08 Å². The summed E-state index contributed by atoms with van der Waals surface area (Å²) in [6, 6.07) is 11.3. The fourth-order valence-corrected chi connectivity index (χ4v) is 5.13. The number of hydrogen-bond donors (Lipinski definition) is 2. The minimum atomic E-state index is -0.955. The smallest absolute Gasteiger partial charge is 0.408 e. The van der Waals surface area contributed by atoms with E-state index in [1.165, 1.54) is 0 Å². The molecular formula is C36H53N3O4. The van der Waals surface area contributed by atoms with E-state index in [9.17, 15) is 14.4 Å². The largest absolute Gasteiger partial charge is 0.444 e. The minimum absolute atomic E-state index is 0.0997. The highest BCUT2D eigenvalue weighted by Gasteiger charge is 2.39. The van der Waals surface area contributed by atoms with Crippen molar-refractivity contribution in [1.82, 2.24) is 10.2 Å². The minimum Gasteiger partial charge on any atom is -0.444 e. The van der Waals surface area contributed by atoms with E-state index >= 15 is 0 Å². The zero-order chi connectivity index (χ0) is 32.5. The lowest BCUT2D eigenvalue weighted by Crippen LogP contribution is -2.55. The van der Waals surface area contributed by atoms with E-state index < -0.39 is 23.8 Å². The highest BCUT2D eigenvalue weighted by atomic mass is 16.6. The van der Waals surface area contributed by atoms with Gasteiger partial charge in [0.1, 0.15) is 17.7 Å². The molecule has 0 aliphatic heterocycles. The number of amides is 3. The Morgan fingerprint density at radius 2 is 1.53 bits per heavy atom. The van der Waals surface area contributed by atoms with Gasteiger partial charge in [0, 0.05) is 11.7 Å². The molecule has 3 atom stereocenters. The van der Waals surface area contributed by atoms with Gasteiger partial charge in [-0.3, -0.25) is 9.59 Å². The standard InChI is InChI=1S/C36H53N3O4/c1-12-28-17-14-18-29(22-28)32(33(40)38-31-25(6)15-13-16-26(31)7)39(27(8)20-19-23(2)3)34(41)30(21-24(4)5)37-35(42)43-36(9,10)11/h12-18,22-24,27,30,32H,1,19-21H2,2-11H3,(H,37,42)(H,38,40). The van der Waals surface area contributed by atoms with Crippen molar-refractivity contribution in [2.45, 2.75) is 112 Å². The lowest BCUT2D eigenvalue weighted by molar-refractivity contribution is -0.144. The second kappa shape index (κ2) is 15.7. The molecule has 0 radical (unpaired) electrons. The van der Waals surface area contributed by atoms with Crippen LogP contribution >= 0.6 is 0 Å². The first-order valence-electron chi connectivity index (χ1n) is 15.4. The van der Waals surface area contributed by atoms with Crippen molar-refractivity contribution in [3.05, 3.63) is 71.3 Å². The lowest BCUT2D eigenvalue weighted by Gasteiger charge is -2.39. The van der Waals surface area contributed by atoms with Crippen LogP contribution in [0.4, 0.5) is 10.5 Å². The number of aryl methyl sites for hydroxylation is 2. The predicted molar refractivity (Wildman–Crippen MR) is 177 cm³/mol. The van der Waals surface area contributed by atoms with Gasteiger partial charge in [-0.2, -0.15) is 0 Å². The molecule has 0 fully saturated rings. The van der Waals surface area contributed by atoms with Gasteiger partial charge in [-0.1, -0.05) is 76.7 Å². The van der Waals surface area contributed by atoms with E-state index in [4.69, 9.17) is 4.74 Å². The average Bonchev–Trinajstić information content (AvgIpc) is 2.90. The summed E-state index contributed by atoms with van der Waals surface area (Å²) in [6.45, 7) is 23.4. The quantitative estimate of drug-likeness (QED) is 0.246. The van der Waals surface area contributed by atoms with Gasteiger partial charge in [-0.25, -0.2) is 4.79 Å². The van der Waals surface area contributed by atoms with Crippen LogP contribution in [0.3, 0.4) is 0 Å². The Bertz CT molecular complexity index is 1240. The number of benzene rings is 2. The number of carbonyl (C=O) groups excluding carboxylic acids is 3. The van der Waals surface area contributed by atoms with Gasteiger partial charge in [0.05, 0.1) is 0 Å². The Morgan fingerprint density at radius 1 is 0.930 bits per heavy atom. The molecular weight excluding hydrogens is 538 g/mol. The maximum atomic E-state index is 14.7. The van der Waals surface area contributed by atoms with Gasteiger partial charge in [-0.05, 0) is 101 Å². The summed E-state index contributed by atoms with van der Waals surface area (Å²) in [5.41, 5.74) is 3.38. The molecule has 2 N–H and O–H groups in total. The Balaban J connectivity index is 2.71. The highest BCUT2D eigenvalue weighted by molar-refractivity contribution is 6.00. The number of anilines is 1. The van der Waals surface area contributed by atoms with Crippen molar-refractivity contribution in [2.24, 2.45) is 11.8 Å². The highest BCUT2D eigenvalue weighted by Crippen LogP contribution is 2.31. The van der Waals surface area contributed by atoms with Crippen LogP contribution in [0.15, 0.2) is 49.0 Å². The van der Waals surface area contributed by atoms with Crippen LogP contribution in [0.2, 0.25) is 0 Å². The van der Waals surface area contributed by atoms with E-state index in [0.717, 1.165) is 28.8 Å². The van der Waals surface area contributed by atoms with Crippen LogP contribution in [0.5, 0.6) is 0 Å². The zero-order valence-electron chi connectivity index (χ0n) is 27.9. The van der Waals surface area contributed by atoms with Gasteiger partial charge in [0.25, 0.3) is 5.91 Å². The summed E-state index contributed by atoms with van der Waals surface area (Å²) in [5.74, 6) is -0.121. The molecule has 3 unspecified atom stereocenters. The molecule has 3 amide bonds. The van der Waals surface area contributed by atoms with Crippen LogP contribution < -0.4 is 10.6 Å². The Kier molecular flexibility index (Phi) is 13.0. The molecule has 43 heavy (non-hydrogen) atoms. The molecule has 0 bridgehead atoms. The average molecular weight is 592 g/mol. The maximum absolute atomic E-state index is 14.7. The Hall–Kier alpha value is -3.61. The molecule has 0 aromatic heterocycles. The number of para-hydroxylation sites is 1. The van der Waals surface area contributed by atoms with Crippen molar-refractivity contribution >= 4 is 29.7 Å². The fraction of sp³-hybridized carbons (Fsp3) is 0.528. The van der Waals surface area contributed by atoms with Crippen LogP contribution in [0.1, 0.15) is 103 Å². The van der Waals surface area contributed by atoms with Crippen molar-refractivity contribution < 1.29 is 19.1 Å². The third kappa shape index (κ3) is 10.9. The van der Waals surface area contributed by atoms with E-state index in [2.05, 4.69) is 31.1 Å². The number of nitrogens with one attached hydrogen (secondary N) is 2. The summed E-state index contributed by atoms with van der Waals surface area (Å²) in [5, 5.41) is 5.99. The maximum Gasteiger partial charge on any atom is 0.408 e. The number of ether oxygens (including phenoxy) is 1. The molecule has 2 rings (SSSR count). The molecule has 0 heterocycles. The zero-order valence-corrected chi connectivity index (χ0v) is 27.9. The predicted octanol–water partition coefficient (Wildman–Crippen LogP) is 8.22. The van der Waals surface area contributed by atoms with Gasteiger partial charge < -0.3 is 20.3 Å². The molecule has 0 aliphatic rings. The molecule has 7 nitrogen and oxygen atoms in total. The Labute approximate surface area is 259 Å². The number of alkyl carbamates (subject to hydrolysis) is 1. The second-order valence-electron chi connectivity index (χ2n) is 13.4. The summed E-state index contributed by atoms with van der Waals surface area (Å²) < 4.78 is 5.54. The van der Waals surface area contributed by atoms with E-state index in [0.29, 0.717) is 24.3 Å². The molecule has 7 heteroatoms. The molecule has 0 saturated carbocycles. The van der Waals surface area contributed by atoms with E-state index in [1.54, 1.807) is 31.7 Å². The van der Waals surface area contributed by atoms with Crippen LogP contribution in [-0.4, -0.2) is 40.5 Å². The molecule has 0 aliphatic carbocycles. The van der Waals surface area contributed by atoms with Gasteiger partial charge in [-0.15, -0.1) is 0 Å². The van der Waals surface area contributed by atoms with Crippen molar-refractivity contribution in [1.29, 1.82) is 0 Å². The van der Waals surface area contributed by atoms with E-state index in [1.807, 2.05) is 77.1 Å². The number of carbonyl (C=O) groups is 3. The number of hydrogen-bond acceptors (Lipinski definition) is 4. The Morgan fingerprint density at radius 3 is 2.07 bits per heavy atom. The lowest BCUT2D eigenvalue weighted by atomic mass is 9.94. The van der Waals surface area contributed by atoms with E-state index in [-0.39, 0.29) is 23.8 Å². The number of nitrogens with zero attached hydrogens (tertiary/aromatic N) is 1. The third-order valence-electron chi connectivity index (χ3n) is 7.31. The number of rotatable bonds is 13. The van der Waals surface area contributed by atoms with Crippen molar-refractivity contribution in [3.63, 3.8) is 0 Å². The fourth-order valence-electron chi connectivity index (χ4n) is 5.13. The second-order valence-corrected chi connectivity index (χ2v) is 13.4. The monoisotopic (exact) mass is 591 g/mol. The van der Waals surface area contributed by atoms with Gasteiger partial charge in [0.15, 0.2) is 0 Å². The first-order valence-corrected chi connectivity index (χ1v) is 15.4. The van der Waals surface area contributed by atoms with Gasteiger partial charge >= 0.3 is 6.09 Å².